The van der Waals surface area contributed by atoms with E-state index in [1.54, 1.807) is 12.1 Å². The molecule has 2 aromatic carbocycles. The van der Waals surface area contributed by atoms with Gasteiger partial charge in [0, 0.05) is 47.4 Å². The van der Waals surface area contributed by atoms with Gasteiger partial charge in [0.2, 0.25) is 5.36 Å². The van der Waals surface area contributed by atoms with Crippen LogP contribution in [0, 0.1) is 0 Å². The smallest absolute Gasteiger partial charge is 0.336 e. The Bertz CT molecular complexity index is 1350. The quantitative estimate of drug-likeness (QED) is 0.211. The first-order valence-corrected chi connectivity index (χ1v) is 11.7. The molecule has 34 heavy (non-hydrogen) atoms. The van der Waals surface area contributed by atoms with Gasteiger partial charge in [-0.3, -0.25) is 0 Å². The fourth-order valence-electron chi connectivity index (χ4n) is 4.62. The summed E-state index contributed by atoms with van der Waals surface area (Å²) in [6.07, 6.45) is 0. The van der Waals surface area contributed by atoms with Gasteiger partial charge in [-0.15, -0.1) is 0 Å². The van der Waals surface area contributed by atoms with Crippen LogP contribution >= 0.6 is 0 Å². The lowest BCUT2D eigenvalue weighted by Crippen LogP contribution is -3.00. The van der Waals surface area contributed by atoms with Gasteiger partial charge in [-0.05, 0) is 57.5 Å². The molecule has 0 radical (unpaired) electrons. The van der Waals surface area contributed by atoms with Gasteiger partial charge in [-0.25, -0.2) is 9.37 Å². The van der Waals surface area contributed by atoms with Crippen LogP contribution in [0.15, 0.2) is 65.1 Å². The highest BCUT2D eigenvalue weighted by molar-refractivity contribution is 6.07. The van der Waals surface area contributed by atoms with Crippen LogP contribution < -0.4 is 38.8 Å². The van der Waals surface area contributed by atoms with Crippen LogP contribution in [0.2, 0.25) is 0 Å². The van der Waals surface area contributed by atoms with E-state index in [1.165, 1.54) is 0 Å². The lowest BCUT2D eigenvalue weighted by molar-refractivity contribution is -0.0000227. The second-order valence-electron chi connectivity index (χ2n) is 8.03. The maximum absolute atomic E-state index is 12.1. The molecular weight excluding hydrogens is 539 g/mol. The third-order valence-electron chi connectivity index (χ3n) is 6.37. The van der Waals surface area contributed by atoms with Crippen molar-refractivity contribution in [3.63, 3.8) is 0 Å². The highest BCUT2D eigenvalue weighted by atomic mass is 127. The Balaban J connectivity index is 0.00000324. The summed E-state index contributed by atoms with van der Waals surface area (Å²) < 4.78 is 8.74. The number of fused-ring (bicyclic) bond motifs is 2. The second-order valence-corrected chi connectivity index (χ2v) is 8.03. The number of carboxylic acids is 1. The molecule has 0 spiro atoms. The number of hydrogen-bond acceptors (Lipinski definition) is 3. The number of benzene rings is 3. The molecule has 1 heterocycles. The summed E-state index contributed by atoms with van der Waals surface area (Å²) in [5, 5.41) is 11.9. The second kappa shape index (κ2) is 11.0. The van der Waals surface area contributed by atoms with Gasteiger partial charge < -0.3 is 38.4 Å². The van der Waals surface area contributed by atoms with E-state index < -0.39 is 5.97 Å². The van der Waals surface area contributed by atoms with E-state index in [9.17, 15) is 9.90 Å². The number of rotatable bonds is 7. The molecule has 0 aromatic heterocycles. The van der Waals surface area contributed by atoms with Crippen LogP contribution in [0.5, 0.6) is 0 Å². The number of carboxylic acid groups (broad SMARTS) is 1. The zero-order valence-electron chi connectivity index (χ0n) is 20.1. The number of nitrogens with zero attached hydrogens (tertiary/aromatic N) is 2. The molecule has 2 aromatic rings. The Morgan fingerprint density at radius 3 is 2.26 bits per heavy atom. The first kappa shape index (κ1) is 25.7. The van der Waals surface area contributed by atoms with E-state index in [-0.39, 0.29) is 29.5 Å². The van der Waals surface area contributed by atoms with Crippen molar-refractivity contribution in [3.8, 4) is 22.5 Å². The highest BCUT2D eigenvalue weighted by Crippen LogP contribution is 2.42. The molecule has 178 valence electrons. The normalized spacial score (nSPS) is 10.8. The highest BCUT2D eigenvalue weighted by Gasteiger charge is 2.22. The molecule has 0 fully saturated rings. The van der Waals surface area contributed by atoms with Gasteiger partial charge in [0.25, 0.3) is 0 Å². The molecule has 1 aliphatic carbocycles. The molecule has 4 rings (SSSR count). The summed E-state index contributed by atoms with van der Waals surface area (Å²) in [6.45, 7) is 12.1. The average molecular weight is 570 g/mol. The first-order valence-electron chi connectivity index (χ1n) is 11.7. The molecule has 0 saturated heterocycles. The Morgan fingerprint density at radius 2 is 1.62 bits per heavy atom. The Hall–Kier alpha value is -2.87. The van der Waals surface area contributed by atoms with Crippen LogP contribution in [-0.4, -0.2) is 37.3 Å². The number of halogens is 1. The number of anilines is 1. The molecule has 0 saturated carbocycles. The molecule has 0 bridgehead atoms. The lowest BCUT2D eigenvalue weighted by atomic mass is 9.90. The van der Waals surface area contributed by atoms with Crippen LogP contribution in [-0.2, 0) is 0 Å². The van der Waals surface area contributed by atoms with Gasteiger partial charge >= 0.3 is 5.97 Å². The minimum absolute atomic E-state index is 0. The number of hydrogen-bond donors (Lipinski definition) is 1. The van der Waals surface area contributed by atoms with E-state index in [0.717, 1.165) is 65.1 Å². The third kappa shape index (κ3) is 4.69. The Labute approximate surface area is 217 Å². The Kier molecular flexibility index (Phi) is 8.36. The van der Waals surface area contributed by atoms with Crippen molar-refractivity contribution in [3.05, 3.63) is 71.6 Å². The zero-order valence-corrected chi connectivity index (χ0v) is 22.3. The Morgan fingerprint density at radius 1 is 0.912 bits per heavy atom. The maximum Gasteiger partial charge on any atom is 0.336 e. The van der Waals surface area contributed by atoms with Gasteiger partial charge in [0.1, 0.15) is 24.4 Å². The summed E-state index contributed by atoms with van der Waals surface area (Å²) in [5.41, 5.74) is 4.62. The van der Waals surface area contributed by atoms with Crippen LogP contribution in [0.25, 0.3) is 33.4 Å². The molecule has 0 atom stereocenters. The minimum atomic E-state index is -0.938. The summed E-state index contributed by atoms with van der Waals surface area (Å²) in [6, 6.07) is 19.6. The lowest BCUT2D eigenvalue weighted by Gasteiger charge is -2.22. The van der Waals surface area contributed by atoms with Crippen molar-refractivity contribution in [2.45, 2.75) is 27.7 Å². The van der Waals surface area contributed by atoms with E-state index in [0.29, 0.717) is 5.56 Å². The molecule has 0 amide bonds. The number of carbonyl (C=O) groups is 1. The third-order valence-corrected chi connectivity index (χ3v) is 6.37. The van der Waals surface area contributed by atoms with Gasteiger partial charge in [-0.2, -0.15) is 0 Å². The van der Waals surface area contributed by atoms with Crippen LogP contribution in [0.1, 0.15) is 38.1 Å². The summed E-state index contributed by atoms with van der Waals surface area (Å²) in [5.74, 6) is -0.189. The van der Waals surface area contributed by atoms with Crippen molar-refractivity contribution >= 4 is 22.6 Å². The molecule has 5 nitrogen and oxygen atoms in total. The molecular formula is C28H31IN2O3. The predicted octanol–water partition coefficient (Wildman–Crippen LogP) is 2.57. The fourth-order valence-corrected chi connectivity index (χ4v) is 4.62. The van der Waals surface area contributed by atoms with E-state index in [2.05, 4.69) is 73.6 Å². The van der Waals surface area contributed by atoms with Gasteiger partial charge in [0.05, 0.1) is 11.6 Å². The molecule has 1 N–H and O–H groups in total. The maximum atomic E-state index is 12.1. The molecule has 2 aliphatic rings. The zero-order chi connectivity index (χ0) is 23.5. The van der Waals surface area contributed by atoms with E-state index >= 15 is 0 Å². The minimum Gasteiger partial charge on any atom is -1.00 e. The van der Waals surface area contributed by atoms with Crippen molar-refractivity contribution < 1.29 is 38.3 Å². The SMILES string of the molecule is CCN(CC)c1ccc2c(-c3ccccc3C(=O)O)c3ccc(=[N+](CC)CC)cc-3oc2c1.[I-]. The largest absolute Gasteiger partial charge is 1.00 e. The van der Waals surface area contributed by atoms with Gasteiger partial charge in [0.15, 0.2) is 0 Å². The summed E-state index contributed by atoms with van der Waals surface area (Å²) >= 11 is 0. The van der Waals surface area contributed by atoms with Crippen molar-refractivity contribution in [1.82, 2.24) is 4.58 Å². The first-order chi connectivity index (χ1) is 16.0. The fraction of sp³-hybridized carbons (Fsp3) is 0.286. The van der Waals surface area contributed by atoms with Crippen LogP contribution in [0.4, 0.5) is 5.69 Å². The molecule has 6 heteroatoms. The summed E-state index contributed by atoms with van der Waals surface area (Å²) in [4.78, 5) is 14.3. The summed E-state index contributed by atoms with van der Waals surface area (Å²) in [7, 11) is 0. The van der Waals surface area contributed by atoms with Crippen LogP contribution in [0.3, 0.4) is 0 Å². The monoisotopic (exact) mass is 570 g/mol. The standard InChI is InChI=1S/C28H30N2O3.HI/c1-5-29(6-2)19-13-15-23-25(17-19)33-26-18-20(30(7-3)8-4)14-16-24(26)27(23)21-11-9-10-12-22(21)28(31)32;/h9-18H,5-8H2,1-4H3;1H. The van der Waals surface area contributed by atoms with Crippen molar-refractivity contribution in [2.75, 3.05) is 31.1 Å². The molecule has 0 unspecified atom stereocenters. The van der Waals surface area contributed by atoms with Gasteiger partial charge in [-0.1, -0.05) is 18.2 Å². The topological polar surface area (TPSA) is 56.7 Å². The predicted molar refractivity (Wildman–Crippen MR) is 135 cm³/mol. The number of aromatic carboxylic acids is 1. The van der Waals surface area contributed by atoms with E-state index in [4.69, 9.17) is 4.42 Å². The molecule has 1 aliphatic heterocycles. The van der Waals surface area contributed by atoms with Crippen molar-refractivity contribution in [1.29, 1.82) is 0 Å². The average Bonchev–Trinajstić information content (AvgIpc) is 2.84. The van der Waals surface area contributed by atoms with E-state index in [1.807, 2.05) is 12.1 Å². The van der Waals surface area contributed by atoms with Crippen molar-refractivity contribution in [2.24, 2.45) is 0 Å².